The van der Waals surface area contributed by atoms with Gasteiger partial charge in [0.1, 0.15) is 5.69 Å². The van der Waals surface area contributed by atoms with E-state index in [0.717, 1.165) is 5.69 Å². The fourth-order valence-electron chi connectivity index (χ4n) is 1.74. The molecule has 2 rings (SSSR count). The van der Waals surface area contributed by atoms with Crippen molar-refractivity contribution in [3.63, 3.8) is 0 Å². The second-order valence-corrected chi connectivity index (χ2v) is 3.68. The van der Waals surface area contributed by atoms with Gasteiger partial charge in [-0.3, -0.25) is 0 Å². The summed E-state index contributed by atoms with van der Waals surface area (Å²) in [5.41, 5.74) is 1.85. The Bertz CT molecular complexity index is 350. The first-order chi connectivity index (χ1) is 6.74. The van der Waals surface area contributed by atoms with Crippen molar-refractivity contribution in [3.8, 4) is 0 Å². The molecule has 1 aromatic heterocycles. The van der Waals surface area contributed by atoms with Gasteiger partial charge in [-0.2, -0.15) is 0 Å². The molecule has 0 atom stereocenters. The Labute approximate surface area is 83.7 Å². The first-order valence-corrected chi connectivity index (χ1v) is 5.09. The molecular formula is C11H15NO2. The molecule has 1 aliphatic rings. The van der Waals surface area contributed by atoms with Crippen molar-refractivity contribution in [1.29, 1.82) is 0 Å². The summed E-state index contributed by atoms with van der Waals surface area (Å²) in [5.74, 6) is -0.201. The molecule has 0 saturated heterocycles. The van der Waals surface area contributed by atoms with Crippen LogP contribution >= 0.6 is 0 Å². The number of rotatable bonds is 3. The van der Waals surface area contributed by atoms with E-state index in [4.69, 9.17) is 4.74 Å². The van der Waals surface area contributed by atoms with Gasteiger partial charge in [-0.1, -0.05) is 0 Å². The maximum absolute atomic E-state index is 11.6. The van der Waals surface area contributed by atoms with Crippen LogP contribution in [-0.4, -0.2) is 17.1 Å². The molecule has 0 aromatic carbocycles. The summed E-state index contributed by atoms with van der Waals surface area (Å²) in [6.45, 7) is 4.30. The van der Waals surface area contributed by atoms with Crippen LogP contribution in [0.1, 0.15) is 42.0 Å². The largest absolute Gasteiger partial charge is 0.461 e. The van der Waals surface area contributed by atoms with Gasteiger partial charge in [0.15, 0.2) is 0 Å². The van der Waals surface area contributed by atoms with Crippen LogP contribution in [0.3, 0.4) is 0 Å². The van der Waals surface area contributed by atoms with Gasteiger partial charge in [-0.25, -0.2) is 4.79 Å². The average Bonchev–Trinajstić information content (AvgIpc) is 2.90. The lowest BCUT2D eigenvalue weighted by Gasteiger charge is -2.08. The van der Waals surface area contributed by atoms with Gasteiger partial charge in [-0.15, -0.1) is 0 Å². The zero-order valence-electron chi connectivity index (χ0n) is 8.62. The van der Waals surface area contributed by atoms with Crippen molar-refractivity contribution in [1.82, 2.24) is 4.57 Å². The normalized spacial score (nSPS) is 15.6. The molecule has 14 heavy (non-hydrogen) atoms. The highest BCUT2D eigenvalue weighted by Crippen LogP contribution is 2.37. The fourth-order valence-corrected chi connectivity index (χ4v) is 1.74. The van der Waals surface area contributed by atoms with Crippen molar-refractivity contribution in [2.45, 2.75) is 32.7 Å². The van der Waals surface area contributed by atoms with Gasteiger partial charge in [0.2, 0.25) is 0 Å². The van der Waals surface area contributed by atoms with Crippen molar-refractivity contribution in [2.75, 3.05) is 6.61 Å². The predicted octanol–water partition coefficient (Wildman–Crippen LogP) is 2.31. The molecule has 1 aliphatic carbocycles. The summed E-state index contributed by atoms with van der Waals surface area (Å²) in [4.78, 5) is 11.6. The van der Waals surface area contributed by atoms with Crippen LogP contribution in [0.4, 0.5) is 0 Å². The summed E-state index contributed by atoms with van der Waals surface area (Å²) in [6, 6.07) is 4.36. The minimum atomic E-state index is -0.201. The molecular weight excluding hydrogens is 178 g/mol. The number of esters is 1. The predicted molar refractivity (Wildman–Crippen MR) is 53.4 cm³/mol. The Morgan fingerprint density at radius 3 is 2.86 bits per heavy atom. The molecule has 1 saturated carbocycles. The van der Waals surface area contributed by atoms with E-state index in [1.54, 1.807) is 0 Å². The number of nitrogens with zero attached hydrogens (tertiary/aromatic N) is 1. The fraction of sp³-hybridized carbons (Fsp3) is 0.545. The third-order valence-electron chi connectivity index (χ3n) is 2.52. The second kappa shape index (κ2) is 3.48. The number of hydrogen-bond donors (Lipinski definition) is 0. The molecule has 1 aromatic rings. The van der Waals surface area contributed by atoms with Gasteiger partial charge in [-0.05, 0) is 38.8 Å². The quantitative estimate of drug-likeness (QED) is 0.690. The van der Waals surface area contributed by atoms with Crippen LogP contribution in [-0.2, 0) is 4.74 Å². The van der Waals surface area contributed by atoms with E-state index in [1.807, 2.05) is 26.0 Å². The molecule has 0 spiro atoms. The Morgan fingerprint density at radius 2 is 2.29 bits per heavy atom. The van der Waals surface area contributed by atoms with Crippen LogP contribution in [0.15, 0.2) is 12.1 Å². The molecule has 1 fully saturated rings. The number of aryl methyl sites for hydroxylation is 1. The van der Waals surface area contributed by atoms with Gasteiger partial charge in [0, 0.05) is 11.7 Å². The highest BCUT2D eigenvalue weighted by Gasteiger charge is 2.28. The number of hydrogen-bond acceptors (Lipinski definition) is 2. The lowest BCUT2D eigenvalue weighted by Crippen LogP contribution is -2.12. The van der Waals surface area contributed by atoms with Crippen LogP contribution in [0.25, 0.3) is 0 Å². The smallest absolute Gasteiger partial charge is 0.354 e. The summed E-state index contributed by atoms with van der Waals surface area (Å²) in [5, 5.41) is 0. The van der Waals surface area contributed by atoms with E-state index in [-0.39, 0.29) is 5.97 Å². The number of carbonyl (C=O) groups is 1. The van der Waals surface area contributed by atoms with Gasteiger partial charge >= 0.3 is 5.97 Å². The molecule has 76 valence electrons. The Kier molecular flexibility index (Phi) is 2.32. The summed E-state index contributed by atoms with van der Waals surface area (Å²) < 4.78 is 7.10. The summed E-state index contributed by atoms with van der Waals surface area (Å²) >= 11 is 0. The number of ether oxygens (including phenoxy) is 1. The average molecular weight is 193 g/mol. The first kappa shape index (κ1) is 9.31. The minimum Gasteiger partial charge on any atom is -0.461 e. The third-order valence-corrected chi connectivity index (χ3v) is 2.52. The van der Waals surface area contributed by atoms with Gasteiger partial charge in [0.25, 0.3) is 0 Å². The maximum atomic E-state index is 11.6. The van der Waals surface area contributed by atoms with Crippen LogP contribution in [0, 0.1) is 6.92 Å². The maximum Gasteiger partial charge on any atom is 0.354 e. The molecule has 0 aliphatic heterocycles. The van der Waals surface area contributed by atoms with Crippen LogP contribution in [0.2, 0.25) is 0 Å². The topological polar surface area (TPSA) is 31.2 Å². The minimum absolute atomic E-state index is 0.201. The van der Waals surface area contributed by atoms with Crippen molar-refractivity contribution in [2.24, 2.45) is 0 Å². The van der Waals surface area contributed by atoms with E-state index in [9.17, 15) is 4.79 Å². The second-order valence-electron chi connectivity index (χ2n) is 3.68. The zero-order chi connectivity index (χ0) is 10.1. The summed E-state index contributed by atoms with van der Waals surface area (Å²) in [6.07, 6.45) is 2.36. The lowest BCUT2D eigenvalue weighted by atomic mass is 10.4. The number of carbonyl (C=O) groups excluding carboxylic acids is 1. The van der Waals surface area contributed by atoms with E-state index >= 15 is 0 Å². The van der Waals surface area contributed by atoms with E-state index in [0.29, 0.717) is 18.3 Å². The van der Waals surface area contributed by atoms with Crippen molar-refractivity contribution >= 4 is 5.97 Å². The molecule has 0 unspecified atom stereocenters. The number of aromatic nitrogens is 1. The molecule has 1 heterocycles. The Balaban J connectivity index is 2.28. The third kappa shape index (κ3) is 1.54. The van der Waals surface area contributed by atoms with Crippen molar-refractivity contribution in [3.05, 3.63) is 23.5 Å². The highest BCUT2D eigenvalue weighted by atomic mass is 16.5. The zero-order valence-corrected chi connectivity index (χ0v) is 8.62. The Hall–Kier alpha value is -1.25. The van der Waals surface area contributed by atoms with Crippen molar-refractivity contribution < 1.29 is 9.53 Å². The molecule has 3 nitrogen and oxygen atoms in total. The van der Waals surface area contributed by atoms with E-state index < -0.39 is 0 Å². The molecule has 0 amide bonds. The highest BCUT2D eigenvalue weighted by molar-refractivity contribution is 5.88. The standard InChI is InChI=1S/C11H15NO2/c1-3-14-11(13)10-7-4-8(2)12(10)9-5-6-9/h4,7,9H,3,5-6H2,1-2H3. The lowest BCUT2D eigenvalue weighted by molar-refractivity contribution is 0.0513. The van der Waals surface area contributed by atoms with Gasteiger partial charge in [0.05, 0.1) is 6.61 Å². The molecule has 0 radical (unpaired) electrons. The molecule has 3 heteroatoms. The first-order valence-electron chi connectivity index (χ1n) is 5.09. The van der Waals surface area contributed by atoms with E-state index in [2.05, 4.69) is 4.57 Å². The van der Waals surface area contributed by atoms with Crippen LogP contribution in [0.5, 0.6) is 0 Å². The molecule has 0 N–H and O–H groups in total. The van der Waals surface area contributed by atoms with Crippen LogP contribution < -0.4 is 0 Å². The van der Waals surface area contributed by atoms with Gasteiger partial charge < -0.3 is 9.30 Å². The summed E-state index contributed by atoms with van der Waals surface area (Å²) in [7, 11) is 0. The van der Waals surface area contributed by atoms with E-state index in [1.165, 1.54) is 12.8 Å². The SMILES string of the molecule is CCOC(=O)c1ccc(C)n1C1CC1. The Morgan fingerprint density at radius 1 is 1.57 bits per heavy atom. The molecule has 0 bridgehead atoms. The monoisotopic (exact) mass is 193 g/mol.